The molecule has 0 bridgehead atoms. The lowest BCUT2D eigenvalue weighted by molar-refractivity contribution is 0.0676. The first-order valence-corrected chi connectivity index (χ1v) is 8.91. The molecule has 1 aromatic heterocycles. The van der Waals surface area contributed by atoms with Crippen LogP contribution in [0.4, 0.5) is 0 Å². The van der Waals surface area contributed by atoms with E-state index in [9.17, 15) is 13.2 Å². The van der Waals surface area contributed by atoms with Gasteiger partial charge in [-0.05, 0) is 37.8 Å². The molecule has 1 saturated heterocycles. The van der Waals surface area contributed by atoms with Crippen LogP contribution >= 0.6 is 0 Å². The minimum absolute atomic E-state index is 0.0356. The fourth-order valence-corrected chi connectivity index (χ4v) is 3.00. The molecule has 1 atom stereocenters. The van der Waals surface area contributed by atoms with Crippen molar-refractivity contribution in [3.63, 3.8) is 0 Å². The zero-order valence-corrected chi connectivity index (χ0v) is 13.2. The van der Waals surface area contributed by atoms with Gasteiger partial charge in [0, 0.05) is 31.5 Å². The van der Waals surface area contributed by atoms with Crippen molar-refractivity contribution in [2.45, 2.75) is 19.8 Å². The highest BCUT2D eigenvalue weighted by Gasteiger charge is 2.25. The maximum Gasteiger partial charge on any atom is 0.255 e. The highest BCUT2D eigenvalue weighted by Crippen LogP contribution is 2.18. The van der Waals surface area contributed by atoms with Crippen LogP contribution in [0.5, 0.6) is 0 Å². The van der Waals surface area contributed by atoms with Crippen molar-refractivity contribution in [2.75, 3.05) is 25.9 Å². The summed E-state index contributed by atoms with van der Waals surface area (Å²) in [6, 6.07) is 3.60. The van der Waals surface area contributed by atoms with Gasteiger partial charge in [0.25, 0.3) is 5.91 Å². The third kappa shape index (κ3) is 4.78. The third-order valence-corrected chi connectivity index (χ3v) is 4.29. The number of aromatic nitrogens is 1. The summed E-state index contributed by atoms with van der Waals surface area (Å²) in [7, 11) is -3.18. The first-order valence-electron chi connectivity index (χ1n) is 7.02. The van der Waals surface area contributed by atoms with Crippen LogP contribution in [0.2, 0.25) is 0 Å². The number of rotatable bonds is 4. The highest BCUT2D eigenvalue weighted by atomic mass is 32.2. The van der Waals surface area contributed by atoms with E-state index < -0.39 is 10.0 Å². The zero-order valence-electron chi connectivity index (χ0n) is 12.4. The van der Waals surface area contributed by atoms with Crippen LogP contribution in [0.25, 0.3) is 0 Å². The van der Waals surface area contributed by atoms with E-state index in [1.807, 2.05) is 13.0 Å². The van der Waals surface area contributed by atoms with Gasteiger partial charge in [-0.15, -0.1) is 0 Å². The van der Waals surface area contributed by atoms with Crippen LogP contribution in [0.3, 0.4) is 0 Å². The number of likely N-dealkylation sites (tertiary alicyclic amines) is 1. The van der Waals surface area contributed by atoms with Gasteiger partial charge in [0.2, 0.25) is 10.0 Å². The number of nitrogens with zero attached hydrogens (tertiary/aromatic N) is 2. The molecule has 1 aliphatic rings. The maximum absolute atomic E-state index is 12.4. The van der Waals surface area contributed by atoms with Crippen LogP contribution in [-0.2, 0) is 10.0 Å². The van der Waals surface area contributed by atoms with Crippen molar-refractivity contribution in [3.05, 3.63) is 29.6 Å². The monoisotopic (exact) mass is 311 g/mol. The second-order valence-electron chi connectivity index (χ2n) is 5.57. The molecule has 0 aromatic carbocycles. The molecule has 116 valence electrons. The Balaban J connectivity index is 1.97. The van der Waals surface area contributed by atoms with Crippen LogP contribution in [-0.4, -0.2) is 50.1 Å². The average Bonchev–Trinajstić information content (AvgIpc) is 2.45. The number of sulfonamides is 1. The summed E-state index contributed by atoms with van der Waals surface area (Å²) in [5, 5.41) is 0. The second-order valence-corrected chi connectivity index (χ2v) is 7.40. The largest absolute Gasteiger partial charge is 0.338 e. The molecule has 0 aliphatic carbocycles. The molecule has 0 unspecified atom stereocenters. The van der Waals surface area contributed by atoms with E-state index in [1.165, 1.54) is 0 Å². The molecule has 0 spiro atoms. The predicted octanol–water partition coefficient (Wildman–Crippen LogP) is 0.791. The number of carbonyl (C=O) groups is 1. The number of piperidine rings is 1. The Kier molecular flexibility index (Phi) is 4.95. The Bertz CT molecular complexity index is 598. The summed E-state index contributed by atoms with van der Waals surface area (Å²) in [4.78, 5) is 18.3. The van der Waals surface area contributed by atoms with Crippen LogP contribution < -0.4 is 4.72 Å². The van der Waals surface area contributed by atoms with E-state index >= 15 is 0 Å². The standard InChI is InChI=1S/C14H21N3O3S/c1-11-5-6-13(9-15-11)14(18)17-7-3-4-12(10-17)8-16-21(2,19)20/h5-6,9,12,16H,3-4,7-8,10H2,1-2H3/t12-/m1/s1. The molecular weight excluding hydrogens is 290 g/mol. The molecule has 1 N–H and O–H groups in total. The number of hydrogen-bond donors (Lipinski definition) is 1. The van der Waals surface area contributed by atoms with Gasteiger partial charge < -0.3 is 4.90 Å². The van der Waals surface area contributed by atoms with Gasteiger partial charge in [0.1, 0.15) is 0 Å². The summed E-state index contributed by atoms with van der Waals surface area (Å²) in [5.41, 5.74) is 1.46. The van der Waals surface area contributed by atoms with Crippen LogP contribution in [0.1, 0.15) is 28.9 Å². The Morgan fingerprint density at radius 3 is 2.86 bits per heavy atom. The quantitative estimate of drug-likeness (QED) is 0.891. The molecule has 21 heavy (non-hydrogen) atoms. The first kappa shape index (κ1) is 15.9. The normalized spacial score (nSPS) is 19.5. The molecular formula is C14H21N3O3S. The number of nitrogens with one attached hydrogen (secondary N) is 1. The molecule has 1 amide bonds. The van der Waals surface area contributed by atoms with Crippen LogP contribution in [0, 0.1) is 12.8 Å². The van der Waals surface area contributed by atoms with E-state index in [2.05, 4.69) is 9.71 Å². The Labute approximate surface area is 125 Å². The smallest absolute Gasteiger partial charge is 0.255 e. The second kappa shape index (κ2) is 6.53. The maximum atomic E-state index is 12.4. The predicted molar refractivity (Wildman–Crippen MR) is 80.4 cm³/mol. The van der Waals surface area contributed by atoms with Crippen molar-refractivity contribution in [2.24, 2.45) is 5.92 Å². The molecule has 7 heteroatoms. The van der Waals surface area contributed by atoms with Crippen molar-refractivity contribution in [1.29, 1.82) is 0 Å². The molecule has 6 nitrogen and oxygen atoms in total. The third-order valence-electron chi connectivity index (χ3n) is 3.60. The summed E-state index contributed by atoms with van der Waals surface area (Å²) < 4.78 is 24.8. The lowest BCUT2D eigenvalue weighted by Crippen LogP contribution is -2.43. The van der Waals surface area contributed by atoms with Crippen LogP contribution in [0.15, 0.2) is 18.3 Å². The SMILES string of the molecule is Cc1ccc(C(=O)N2CCC[C@H](CNS(C)(=O)=O)C2)cn1. The number of carbonyl (C=O) groups excluding carboxylic acids is 1. The number of hydrogen-bond acceptors (Lipinski definition) is 4. The molecule has 1 aromatic rings. The highest BCUT2D eigenvalue weighted by molar-refractivity contribution is 7.88. The van der Waals surface area contributed by atoms with Gasteiger partial charge in [-0.1, -0.05) is 0 Å². The number of aryl methyl sites for hydroxylation is 1. The minimum Gasteiger partial charge on any atom is -0.338 e. The van der Waals surface area contributed by atoms with E-state index in [0.29, 0.717) is 25.2 Å². The fraction of sp³-hybridized carbons (Fsp3) is 0.571. The molecule has 2 heterocycles. The van der Waals surface area contributed by atoms with E-state index in [1.54, 1.807) is 17.2 Å². The lowest BCUT2D eigenvalue weighted by atomic mass is 9.98. The summed E-state index contributed by atoms with van der Waals surface area (Å²) in [6.45, 7) is 3.55. The Hall–Kier alpha value is -1.47. The molecule has 2 rings (SSSR count). The zero-order chi connectivity index (χ0) is 15.5. The van der Waals surface area contributed by atoms with E-state index in [4.69, 9.17) is 0 Å². The van der Waals surface area contributed by atoms with Crippen molar-refractivity contribution in [3.8, 4) is 0 Å². The van der Waals surface area contributed by atoms with Crippen molar-refractivity contribution >= 4 is 15.9 Å². The summed E-state index contributed by atoms with van der Waals surface area (Å²) in [5.74, 6) is 0.127. The number of pyridine rings is 1. The van der Waals surface area contributed by atoms with E-state index in [0.717, 1.165) is 24.8 Å². The molecule has 0 radical (unpaired) electrons. The molecule has 1 aliphatic heterocycles. The lowest BCUT2D eigenvalue weighted by Gasteiger charge is -2.32. The minimum atomic E-state index is -3.18. The first-order chi connectivity index (χ1) is 9.85. The Morgan fingerprint density at radius 1 is 1.48 bits per heavy atom. The topological polar surface area (TPSA) is 79.4 Å². The Morgan fingerprint density at radius 2 is 2.24 bits per heavy atom. The van der Waals surface area contributed by atoms with Gasteiger partial charge in [0.15, 0.2) is 0 Å². The van der Waals surface area contributed by atoms with Gasteiger partial charge >= 0.3 is 0 Å². The summed E-state index contributed by atoms with van der Waals surface area (Å²) >= 11 is 0. The summed E-state index contributed by atoms with van der Waals surface area (Å²) in [6.07, 6.45) is 4.56. The molecule has 0 saturated carbocycles. The average molecular weight is 311 g/mol. The van der Waals surface area contributed by atoms with Crippen molar-refractivity contribution < 1.29 is 13.2 Å². The van der Waals surface area contributed by atoms with Gasteiger partial charge in [0.05, 0.1) is 11.8 Å². The van der Waals surface area contributed by atoms with E-state index in [-0.39, 0.29) is 11.8 Å². The van der Waals surface area contributed by atoms with Gasteiger partial charge in [-0.3, -0.25) is 9.78 Å². The molecule has 1 fully saturated rings. The van der Waals surface area contributed by atoms with Gasteiger partial charge in [-0.2, -0.15) is 0 Å². The number of amides is 1. The fourth-order valence-electron chi connectivity index (χ4n) is 2.46. The van der Waals surface area contributed by atoms with Gasteiger partial charge in [-0.25, -0.2) is 13.1 Å². The van der Waals surface area contributed by atoms with Crippen molar-refractivity contribution in [1.82, 2.24) is 14.6 Å².